The van der Waals surface area contributed by atoms with E-state index < -0.39 is 6.04 Å². The molecule has 1 unspecified atom stereocenters. The molecule has 1 atom stereocenters. The highest BCUT2D eigenvalue weighted by atomic mass is 35.5. The quantitative estimate of drug-likeness (QED) is 0.854. The molecule has 0 radical (unpaired) electrons. The van der Waals surface area contributed by atoms with Crippen LogP contribution >= 0.6 is 23.2 Å². The Morgan fingerprint density at radius 1 is 1.12 bits per heavy atom. The summed E-state index contributed by atoms with van der Waals surface area (Å²) in [6.45, 7) is 0.800. The Morgan fingerprint density at radius 3 is 2.54 bits per heavy atom. The molecule has 1 fully saturated rings. The number of rotatable bonds is 2. The molecule has 3 rings (SSSR count). The van der Waals surface area contributed by atoms with Gasteiger partial charge in [-0.05, 0) is 35.9 Å². The number of benzene rings is 2. The lowest BCUT2D eigenvalue weighted by molar-refractivity contribution is -0.127. The number of urea groups is 1. The van der Waals surface area contributed by atoms with Crippen LogP contribution in [0, 0.1) is 0 Å². The van der Waals surface area contributed by atoms with Crippen molar-refractivity contribution in [2.24, 2.45) is 0 Å². The molecule has 1 aliphatic heterocycles. The molecule has 2 aromatic carbocycles. The highest BCUT2D eigenvalue weighted by molar-refractivity contribution is 6.31. The van der Waals surface area contributed by atoms with E-state index >= 15 is 0 Å². The first-order valence-electron chi connectivity index (χ1n) is 7.41. The zero-order valence-corrected chi connectivity index (χ0v) is 14.1. The van der Waals surface area contributed by atoms with Crippen LogP contribution in [0.15, 0.2) is 48.5 Å². The van der Waals surface area contributed by atoms with Crippen molar-refractivity contribution in [3.63, 3.8) is 0 Å². The van der Waals surface area contributed by atoms with Crippen LogP contribution in [-0.4, -0.2) is 29.9 Å². The van der Waals surface area contributed by atoms with Gasteiger partial charge in [-0.2, -0.15) is 0 Å². The molecule has 124 valence electrons. The summed E-state index contributed by atoms with van der Waals surface area (Å²) in [6, 6.07) is 12.7. The van der Waals surface area contributed by atoms with Crippen LogP contribution < -0.4 is 10.6 Å². The topological polar surface area (TPSA) is 61.4 Å². The monoisotopic (exact) mass is 363 g/mol. The van der Waals surface area contributed by atoms with Crippen molar-refractivity contribution in [2.75, 3.05) is 18.4 Å². The van der Waals surface area contributed by atoms with Gasteiger partial charge in [0.1, 0.15) is 6.04 Å². The van der Waals surface area contributed by atoms with Gasteiger partial charge in [0.15, 0.2) is 0 Å². The van der Waals surface area contributed by atoms with E-state index in [1.165, 1.54) is 4.90 Å². The van der Waals surface area contributed by atoms with Crippen LogP contribution in [0.1, 0.15) is 11.6 Å². The molecule has 2 N–H and O–H groups in total. The molecular formula is C17H15Cl2N3O2. The number of piperazine rings is 1. The SMILES string of the molecule is O=C1NCCN(C(=O)Nc2cccc(Cl)c2)C1c1cccc(Cl)c1. The third-order valence-electron chi connectivity index (χ3n) is 3.71. The first kappa shape index (κ1) is 16.6. The first-order valence-corrected chi connectivity index (χ1v) is 8.16. The summed E-state index contributed by atoms with van der Waals surface area (Å²) < 4.78 is 0. The maximum absolute atomic E-state index is 12.7. The Balaban J connectivity index is 1.86. The van der Waals surface area contributed by atoms with Crippen LogP contribution in [0.4, 0.5) is 10.5 Å². The molecule has 7 heteroatoms. The molecule has 1 heterocycles. The van der Waals surface area contributed by atoms with Crippen LogP contribution in [0.2, 0.25) is 10.0 Å². The minimum Gasteiger partial charge on any atom is -0.352 e. The van der Waals surface area contributed by atoms with Crippen LogP contribution in [0.3, 0.4) is 0 Å². The van der Waals surface area contributed by atoms with E-state index in [-0.39, 0.29) is 11.9 Å². The van der Waals surface area contributed by atoms with Gasteiger partial charge in [0.2, 0.25) is 5.91 Å². The average molecular weight is 364 g/mol. The Hall–Kier alpha value is -2.24. The number of carbonyl (C=O) groups is 2. The summed E-state index contributed by atoms with van der Waals surface area (Å²) in [5, 5.41) is 6.60. The first-order chi connectivity index (χ1) is 11.5. The standard InChI is InChI=1S/C17H15Cl2N3O2/c18-12-4-1-3-11(9-12)15-16(23)20-7-8-22(15)17(24)21-14-6-2-5-13(19)10-14/h1-6,9-10,15H,7-8H2,(H,20,23)(H,21,24). The molecule has 0 aliphatic carbocycles. The van der Waals surface area contributed by atoms with Crippen molar-refractivity contribution in [1.29, 1.82) is 0 Å². The number of nitrogens with zero attached hydrogens (tertiary/aromatic N) is 1. The van der Waals surface area contributed by atoms with Gasteiger partial charge in [0.05, 0.1) is 0 Å². The minimum atomic E-state index is -0.725. The number of anilines is 1. The van der Waals surface area contributed by atoms with E-state index in [0.717, 1.165) is 0 Å². The fourth-order valence-corrected chi connectivity index (χ4v) is 3.04. The number of hydrogen-bond donors (Lipinski definition) is 2. The van der Waals surface area contributed by atoms with Crippen LogP contribution in [-0.2, 0) is 4.79 Å². The number of nitrogens with one attached hydrogen (secondary N) is 2. The summed E-state index contributed by atoms with van der Waals surface area (Å²) in [5.41, 5.74) is 1.24. The lowest BCUT2D eigenvalue weighted by atomic mass is 10.0. The largest absolute Gasteiger partial charge is 0.352 e. The van der Waals surface area contributed by atoms with Crippen molar-refractivity contribution in [1.82, 2.24) is 10.2 Å². The van der Waals surface area contributed by atoms with Crippen LogP contribution in [0.5, 0.6) is 0 Å². The lowest BCUT2D eigenvalue weighted by Crippen LogP contribution is -2.53. The smallest absolute Gasteiger partial charge is 0.322 e. The molecule has 0 spiro atoms. The van der Waals surface area contributed by atoms with E-state index in [9.17, 15) is 9.59 Å². The Labute approximate surface area is 149 Å². The van der Waals surface area contributed by atoms with Gasteiger partial charge in [0.25, 0.3) is 0 Å². The maximum Gasteiger partial charge on any atom is 0.322 e. The van der Waals surface area contributed by atoms with Gasteiger partial charge in [0, 0.05) is 28.8 Å². The summed E-state index contributed by atoms with van der Waals surface area (Å²) in [6.07, 6.45) is 0. The number of halogens is 2. The lowest BCUT2D eigenvalue weighted by Gasteiger charge is -2.35. The van der Waals surface area contributed by atoms with Gasteiger partial charge in [-0.3, -0.25) is 4.79 Å². The predicted molar refractivity (Wildman–Crippen MR) is 94.4 cm³/mol. The second kappa shape index (κ2) is 7.11. The molecule has 0 aromatic heterocycles. The van der Waals surface area contributed by atoms with Crippen LogP contribution in [0.25, 0.3) is 0 Å². The number of carbonyl (C=O) groups excluding carboxylic acids is 2. The molecule has 1 aliphatic rings. The molecule has 2 aromatic rings. The Kier molecular flexibility index (Phi) is 4.92. The van der Waals surface area contributed by atoms with Gasteiger partial charge in [-0.25, -0.2) is 4.79 Å². The van der Waals surface area contributed by atoms with Crippen molar-refractivity contribution >= 4 is 40.8 Å². The van der Waals surface area contributed by atoms with Crippen molar-refractivity contribution < 1.29 is 9.59 Å². The fourth-order valence-electron chi connectivity index (χ4n) is 2.66. The van der Waals surface area contributed by atoms with Gasteiger partial charge >= 0.3 is 6.03 Å². The van der Waals surface area contributed by atoms with Gasteiger partial charge < -0.3 is 15.5 Å². The van der Waals surface area contributed by atoms with Crippen molar-refractivity contribution in [3.05, 3.63) is 64.1 Å². The van der Waals surface area contributed by atoms with E-state index in [2.05, 4.69) is 10.6 Å². The number of amides is 3. The normalized spacial score (nSPS) is 17.3. The Bertz CT molecular complexity index is 782. The third kappa shape index (κ3) is 3.63. The molecule has 1 saturated heterocycles. The molecule has 0 saturated carbocycles. The van der Waals surface area contributed by atoms with Gasteiger partial charge in [-0.15, -0.1) is 0 Å². The fraction of sp³-hybridized carbons (Fsp3) is 0.176. The van der Waals surface area contributed by atoms with Crippen molar-refractivity contribution in [2.45, 2.75) is 6.04 Å². The highest BCUT2D eigenvalue weighted by Gasteiger charge is 2.34. The average Bonchev–Trinajstić information content (AvgIpc) is 2.54. The maximum atomic E-state index is 12.7. The third-order valence-corrected chi connectivity index (χ3v) is 4.18. The van der Waals surface area contributed by atoms with E-state index in [0.29, 0.717) is 34.4 Å². The van der Waals surface area contributed by atoms with E-state index in [1.807, 2.05) is 0 Å². The van der Waals surface area contributed by atoms with E-state index in [1.54, 1.807) is 48.5 Å². The molecule has 5 nitrogen and oxygen atoms in total. The van der Waals surface area contributed by atoms with E-state index in [4.69, 9.17) is 23.2 Å². The molecule has 0 bridgehead atoms. The summed E-state index contributed by atoms with van der Waals surface area (Å²) in [7, 11) is 0. The molecule has 24 heavy (non-hydrogen) atoms. The molecular weight excluding hydrogens is 349 g/mol. The highest BCUT2D eigenvalue weighted by Crippen LogP contribution is 2.26. The van der Waals surface area contributed by atoms with Crippen molar-refractivity contribution in [3.8, 4) is 0 Å². The zero-order chi connectivity index (χ0) is 17.1. The minimum absolute atomic E-state index is 0.232. The summed E-state index contributed by atoms with van der Waals surface area (Å²) >= 11 is 12.0. The predicted octanol–water partition coefficient (Wildman–Crippen LogP) is 3.70. The van der Waals surface area contributed by atoms with Gasteiger partial charge in [-0.1, -0.05) is 41.4 Å². The second-order valence-electron chi connectivity index (χ2n) is 5.38. The zero-order valence-electron chi connectivity index (χ0n) is 12.6. The molecule has 3 amide bonds. The summed E-state index contributed by atoms with van der Waals surface area (Å²) in [4.78, 5) is 26.5. The summed E-state index contributed by atoms with van der Waals surface area (Å²) in [5.74, 6) is -0.232. The Morgan fingerprint density at radius 2 is 1.83 bits per heavy atom. The second-order valence-corrected chi connectivity index (χ2v) is 6.26. The number of hydrogen-bond acceptors (Lipinski definition) is 2.